The Morgan fingerprint density at radius 3 is 2.26 bits per heavy atom. The molecule has 2 aromatic carbocycles. The van der Waals surface area contributed by atoms with E-state index in [0.29, 0.717) is 11.6 Å². The average Bonchev–Trinajstić information content (AvgIpc) is 2.42. The van der Waals surface area contributed by atoms with Gasteiger partial charge in [0.1, 0.15) is 0 Å². The summed E-state index contributed by atoms with van der Waals surface area (Å²) in [4.78, 5) is 12.1. The van der Waals surface area contributed by atoms with E-state index in [4.69, 9.17) is 34.8 Å². The van der Waals surface area contributed by atoms with E-state index in [1.165, 1.54) is 0 Å². The summed E-state index contributed by atoms with van der Waals surface area (Å²) < 4.78 is 0. The van der Waals surface area contributed by atoms with Crippen molar-refractivity contribution in [3.05, 3.63) is 68.7 Å². The lowest BCUT2D eigenvalue weighted by atomic mass is 10.2. The van der Waals surface area contributed by atoms with Crippen LogP contribution in [0, 0.1) is 0 Å². The van der Waals surface area contributed by atoms with Crippen molar-refractivity contribution in [1.82, 2.24) is 5.32 Å². The van der Waals surface area contributed by atoms with Crippen LogP contribution in [-0.4, -0.2) is 5.91 Å². The van der Waals surface area contributed by atoms with E-state index >= 15 is 0 Å². The van der Waals surface area contributed by atoms with Crippen LogP contribution in [-0.2, 0) is 6.54 Å². The van der Waals surface area contributed by atoms with E-state index in [0.717, 1.165) is 5.56 Å². The quantitative estimate of drug-likeness (QED) is 0.826. The molecule has 1 N–H and O–H groups in total. The van der Waals surface area contributed by atoms with Crippen LogP contribution in [0.5, 0.6) is 0 Å². The van der Waals surface area contributed by atoms with Crippen LogP contribution in [0.25, 0.3) is 0 Å². The molecule has 0 bridgehead atoms. The number of carbonyl (C=O) groups is 1. The molecule has 2 aromatic rings. The van der Waals surface area contributed by atoms with Gasteiger partial charge < -0.3 is 5.32 Å². The molecule has 19 heavy (non-hydrogen) atoms. The number of carbonyl (C=O) groups excluding carboxylic acids is 1. The molecule has 0 atom stereocenters. The van der Waals surface area contributed by atoms with Gasteiger partial charge in [0.15, 0.2) is 0 Å². The number of halogens is 3. The number of amides is 1. The number of rotatable bonds is 3. The maximum Gasteiger partial charge on any atom is 0.254 e. The van der Waals surface area contributed by atoms with Crippen molar-refractivity contribution in [3.63, 3.8) is 0 Å². The van der Waals surface area contributed by atoms with Crippen molar-refractivity contribution < 1.29 is 4.79 Å². The molecule has 0 aliphatic heterocycles. The molecule has 1 amide bonds. The highest BCUT2D eigenvalue weighted by molar-refractivity contribution is 6.46. The summed E-state index contributed by atoms with van der Waals surface area (Å²) >= 11 is 17.8. The van der Waals surface area contributed by atoms with Gasteiger partial charge in [-0.2, -0.15) is 0 Å². The lowest BCUT2D eigenvalue weighted by Crippen LogP contribution is -2.23. The Labute approximate surface area is 126 Å². The summed E-state index contributed by atoms with van der Waals surface area (Å²) in [7, 11) is 0. The summed E-state index contributed by atoms with van der Waals surface area (Å²) in [5, 5.41) is 3.50. The predicted molar refractivity (Wildman–Crippen MR) is 79.1 cm³/mol. The normalized spacial score (nSPS) is 10.3. The fourth-order valence-electron chi connectivity index (χ4n) is 1.60. The van der Waals surface area contributed by atoms with Gasteiger partial charge in [0, 0.05) is 6.54 Å². The van der Waals surface area contributed by atoms with E-state index in [-0.39, 0.29) is 21.5 Å². The van der Waals surface area contributed by atoms with Gasteiger partial charge in [0.2, 0.25) is 0 Å². The fourth-order valence-corrected chi connectivity index (χ4v) is 2.30. The second kappa shape index (κ2) is 6.29. The molecule has 0 fully saturated rings. The van der Waals surface area contributed by atoms with Crippen molar-refractivity contribution >= 4 is 40.7 Å². The highest BCUT2D eigenvalue weighted by Gasteiger charge is 2.16. The Balaban J connectivity index is 2.15. The number of hydrogen-bond acceptors (Lipinski definition) is 1. The Morgan fingerprint density at radius 1 is 0.947 bits per heavy atom. The summed E-state index contributed by atoms with van der Waals surface area (Å²) in [6.45, 7) is 0.402. The molecule has 0 unspecified atom stereocenters. The first kappa shape index (κ1) is 14.2. The average molecular weight is 315 g/mol. The second-order valence-corrected chi connectivity index (χ2v) is 5.08. The van der Waals surface area contributed by atoms with E-state index in [1.807, 2.05) is 30.3 Å². The first-order valence-electron chi connectivity index (χ1n) is 5.55. The Bertz CT molecular complexity index is 599. The molecule has 0 heterocycles. The monoisotopic (exact) mass is 313 g/mol. The minimum absolute atomic E-state index is 0.166. The molecule has 0 radical (unpaired) electrons. The molecular weight excluding hydrogens is 305 g/mol. The zero-order valence-corrected chi connectivity index (χ0v) is 12.1. The highest BCUT2D eigenvalue weighted by atomic mass is 35.5. The van der Waals surface area contributed by atoms with Crippen molar-refractivity contribution in [2.75, 3.05) is 0 Å². The van der Waals surface area contributed by atoms with Gasteiger partial charge in [0.25, 0.3) is 5.91 Å². The molecular formula is C14H10Cl3NO. The van der Waals surface area contributed by atoms with Crippen molar-refractivity contribution in [3.8, 4) is 0 Å². The minimum atomic E-state index is -0.346. The molecule has 0 spiro atoms. The smallest absolute Gasteiger partial charge is 0.254 e. The topological polar surface area (TPSA) is 29.1 Å². The molecule has 0 aromatic heterocycles. The van der Waals surface area contributed by atoms with Gasteiger partial charge >= 0.3 is 0 Å². The van der Waals surface area contributed by atoms with Crippen molar-refractivity contribution in [2.45, 2.75) is 6.54 Å². The maximum atomic E-state index is 12.1. The van der Waals surface area contributed by atoms with Gasteiger partial charge in [-0.15, -0.1) is 0 Å². The molecule has 5 heteroatoms. The molecule has 0 saturated carbocycles. The summed E-state index contributed by atoms with van der Waals surface area (Å²) in [5.41, 5.74) is 1.19. The van der Waals surface area contributed by atoms with Crippen LogP contribution >= 0.6 is 34.8 Å². The molecule has 98 valence electrons. The van der Waals surface area contributed by atoms with E-state index < -0.39 is 0 Å². The standard InChI is InChI=1S/C14H10Cl3NO/c15-10-6-7-11(16)13(17)12(10)14(19)18-8-9-4-2-1-3-5-9/h1-7H,8H2,(H,18,19). The maximum absolute atomic E-state index is 12.1. The Kier molecular flexibility index (Phi) is 4.70. The Morgan fingerprint density at radius 2 is 1.58 bits per heavy atom. The van der Waals surface area contributed by atoms with E-state index in [2.05, 4.69) is 5.32 Å². The first-order valence-corrected chi connectivity index (χ1v) is 6.68. The molecule has 2 nitrogen and oxygen atoms in total. The third-order valence-electron chi connectivity index (χ3n) is 2.57. The van der Waals surface area contributed by atoms with Crippen LogP contribution < -0.4 is 5.32 Å². The number of nitrogens with one attached hydrogen (secondary N) is 1. The molecule has 0 saturated heterocycles. The third kappa shape index (κ3) is 3.41. The fraction of sp³-hybridized carbons (Fsp3) is 0.0714. The predicted octanol–water partition coefficient (Wildman–Crippen LogP) is 4.58. The molecule has 0 aliphatic carbocycles. The SMILES string of the molecule is O=C(NCc1ccccc1)c1c(Cl)ccc(Cl)c1Cl. The van der Waals surface area contributed by atoms with Crippen molar-refractivity contribution in [2.24, 2.45) is 0 Å². The number of hydrogen-bond donors (Lipinski definition) is 1. The van der Waals surface area contributed by atoms with Crippen LogP contribution in [0.4, 0.5) is 0 Å². The van der Waals surface area contributed by atoms with Crippen LogP contribution in [0.3, 0.4) is 0 Å². The first-order chi connectivity index (χ1) is 9.09. The summed E-state index contributed by atoms with van der Waals surface area (Å²) in [6.07, 6.45) is 0. The molecule has 0 aliphatic rings. The zero-order chi connectivity index (χ0) is 13.8. The third-order valence-corrected chi connectivity index (χ3v) is 3.69. The summed E-state index contributed by atoms with van der Waals surface area (Å²) in [5.74, 6) is -0.346. The summed E-state index contributed by atoms with van der Waals surface area (Å²) in [6, 6.07) is 12.7. The Hall–Kier alpha value is -1.22. The van der Waals surface area contributed by atoms with Gasteiger partial charge in [-0.3, -0.25) is 4.79 Å². The van der Waals surface area contributed by atoms with E-state index in [1.54, 1.807) is 12.1 Å². The largest absolute Gasteiger partial charge is 0.348 e. The van der Waals surface area contributed by atoms with Crippen LogP contribution in [0.15, 0.2) is 42.5 Å². The second-order valence-electron chi connectivity index (χ2n) is 3.89. The van der Waals surface area contributed by atoms with Gasteiger partial charge in [-0.25, -0.2) is 0 Å². The highest BCUT2D eigenvalue weighted by Crippen LogP contribution is 2.31. The van der Waals surface area contributed by atoms with Crippen molar-refractivity contribution in [1.29, 1.82) is 0 Å². The number of benzene rings is 2. The van der Waals surface area contributed by atoms with E-state index in [9.17, 15) is 4.79 Å². The van der Waals surface area contributed by atoms with Gasteiger partial charge in [0.05, 0.1) is 20.6 Å². The zero-order valence-electron chi connectivity index (χ0n) is 9.79. The van der Waals surface area contributed by atoms with Gasteiger partial charge in [-0.05, 0) is 17.7 Å². The minimum Gasteiger partial charge on any atom is -0.348 e. The molecule has 2 rings (SSSR count). The lowest BCUT2D eigenvalue weighted by Gasteiger charge is -2.09. The lowest BCUT2D eigenvalue weighted by molar-refractivity contribution is 0.0951. The van der Waals surface area contributed by atoms with Gasteiger partial charge in [-0.1, -0.05) is 65.1 Å². The van der Waals surface area contributed by atoms with Crippen LogP contribution in [0.1, 0.15) is 15.9 Å². The van der Waals surface area contributed by atoms with Crippen LogP contribution in [0.2, 0.25) is 15.1 Å².